The summed E-state index contributed by atoms with van der Waals surface area (Å²) in [7, 11) is 1.16. The van der Waals surface area contributed by atoms with E-state index in [1.165, 1.54) is 135 Å². The van der Waals surface area contributed by atoms with E-state index in [4.69, 9.17) is 18.5 Å². The second-order valence-electron chi connectivity index (χ2n) is 19.9. The summed E-state index contributed by atoms with van der Waals surface area (Å²) >= 11 is 0. The topological polar surface area (TPSA) is 111 Å². The molecule has 0 spiro atoms. The van der Waals surface area contributed by atoms with E-state index in [2.05, 4.69) is 74.6 Å². The summed E-state index contributed by atoms with van der Waals surface area (Å²) in [6, 6.07) is 0. The number of ether oxygens (including phenoxy) is 2. The van der Waals surface area contributed by atoms with E-state index in [0.717, 1.165) is 77.0 Å². The molecule has 0 rings (SSSR count). The Morgan fingerprint density at radius 2 is 0.838 bits per heavy atom. The van der Waals surface area contributed by atoms with Gasteiger partial charge in [0.15, 0.2) is 6.10 Å². The predicted molar refractivity (Wildman–Crippen MR) is 287 cm³/mol. The van der Waals surface area contributed by atoms with Crippen LogP contribution in [-0.2, 0) is 32.7 Å². The Balaban J connectivity index is 4.21. The Hall–Kier alpha value is -2.29. The highest BCUT2D eigenvalue weighted by Crippen LogP contribution is 2.38. The molecule has 2 atom stereocenters. The molecule has 0 aliphatic heterocycles. The number of hydrogen-bond acceptors (Lipinski definition) is 8. The van der Waals surface area contributed by atoms with Crippen molar-refractivity contribution >= 4 is 19.8 Å². The van der Waals surface area contributed by atoms with Crippen LogP contribution >= 0.6 is 7.82 Å². The normalized spacial score (nSPS) is 13.8. The maximum absolute atomic E-state index is 12.8. The number of nitrogens with zero attached hydrogens (tertiary/aromatic N) is 1. The lowest BCUT2D eigenvalue weighted by Gasteiger charge is -2.28. The van der Waals surface area contributed by atoms with Crippen LogP contribution in [0.2, 0.25) is 0 Å². The van der Waals surface area contributed by atoms with Gasteiger partial charge < -0.3 is 27.9 Å². The zero-order valence-corrected chi connectivity index (χ0v) is 45.7. The predicted octanol–water partition coefficient (Wildman–Crippen LogP) is 16.5. The minimum Gasteiger partial charge on any atom is -0.756 e. The van der Waals surface area contributed by atoms with Gasteiger partial charge in [-0.2, -0.15) is 0 Å². The van der Waals surface area contributed by atoms with E-state index in [1.807, 2.05) is 21.1 Å². The summed E-state index contributed by atoms with van der Waals surface area (Å²) in [4.78, 5) is 37.8. The average molecular weight is 976 g/mol. The smallest absolute Gasteiger partial charge is 0.306 e. The molecule has 0 radical (unpaired) electrons. The highest BCUT2D eigenvalue weighted by molar-refractivity contribution is 7.45. The van der Waals surface area contributed by atoms with Crippen molar-refractivity contribution in [3.8, 4) is 0 Å². The maximum Gasteiger partial charge on any atom is 0.306 e. The van der Waals surface area contributed by atoms with E-state index in [9.17, 15) is 19.0 Å². The molecule has 0 aromatic carbocycles. The summed E-state index contributed by atoms with van der Waals surface area (Å²) in [5.41, 5.74) is 0. The quantitative estimate of drug-likeness (QED) is 0.0195. The van der Waals surface area contributed by atoms with Gasteiger partial charge in [-0.3, -0.25) is 14.2 Å². The van der Waals surface area contributed by atoms with E-state index in [0.29, 0.717) is 17.4 Å². The maximum atomic E-state index is 12.8. The van der Waals surface area contributed by atoms with Crippen LogP contribution < -0.4 is 4.89 Å². The molecule has 2 unspecified atom stereocenters. The number of rotatable bonds is 51. The fraction of sp³-hybridized carbons (Fsp3) is 0.793. The molecule has 0 bridgehead atoms. The Labute approximate surface area is 419 Å². The van der Waals surface area contributed by atoms with Crippen molar-refractivity contribution in [2.24, 2.45) is 0 Å². The molecule has 0 fully saturated rings. The van der Waals surface area contributed by atoms with E-state index in [1.54, 1.807) is 0 Å². The van der Waals surface area contributed by atoms with Gasteiger partial charge in [0.25, 0.3) is 7.82 Å². The third-order valence-corrected chi connectivity index (χ3v) is 13.0. The summed E-state index contributed by atoms with van der Waals surface area (Å²) in [5.74, 6) is -0.839. The highest BCUT2D eigenvalue weighted by Gasteiger charge is 2.21. The van der Waals surface area contributed by atoms with E-state index >= 15 is 0 Å². The second-order valence-corrected chi connectivity index (χ2v) is 21.3. The van der Waals surface area contributed by atoms with Crippen molar-refractivity contribution in [2.75, 3.05) is 47.5 Å². The molecule has 0 N–H and O–H groups in total. The van der Waals surface area contributed by atoms with Gasteiger partial charge >= 0.3 is 11.9 Å². The molecule has 0 saturated carbocycles. The zero-order valence-electron chi connectivity index (χ0n) is 44.8. The number of phosphoric acid groups is 1. The monoisotopic (exact) mass is 976 g/mol. The second kappa shape index (κ2) is 49.7. The number of carbonyl (C=O) groups is 2. The summed E-state index contributed by atoms with van der Waals surface area (Å²) in [6.45, 7) is 4.14. The van der Waals surface area contributed by atoms with Crippen LogP contribution in [0.4, 0.5) is 0 Å². The van der Waals surface area contributed by atoms with Crippen LogP contribution in [0.25, 0.3) is 0 Å². The third kappa shape index (κ3) is 53.1. The first-order chi connectivity index (χ1) is 33.0. The van der Waals surface area contributed by atoms with Crippen molar-refractivity contribution in [1.29, 1.82) is 0 Å². The lowest BCUT2D eigenvalue weighted by molar-refractivity contribution is -0.870. The molecule has 0 heterocycles. The van der Waals surface area contributed by atoms with Crippen molar-refractivity contribution in [3.05, 3.63) is 60.8 Å². The summed E-state index contributed by atoms with van der Waals surface area (Å²) in [6.07, 6.45) is 62.5. The molecule has 9 nitrogen and oxygen atoms in total. The van der Waals surface area contributed by atoms with Gasteiger partial charge in [0.05, 0.1) is 27.7 Å². The van der Waals surface area contributed by atoms with Crippen molar-refractivity contribution in [1.82, 2.24) is 0 Å². The first-order valence-corrected chi connectivity index (χ1v) is 29.5. The minimum absolute atomic E-state index is 0.0342. The number of carbonyl (C=O) groups excluding carboxylic acids is 2. The first-order valence-electron chi connectivity index (χ1n) is 28.0. The number of allylic oxidation sites excluding steroid dienone is 10. The zero-order chi connectivity index (χ0) is 49.9. The Morgan fingerprint density at radius 1 is 0.471 bits per heavy atom. The minimum atomic E-state index is -4.64. The van der Waals surface area contributed by atoms with Gasteiger partial charge in [-0.05, 0) is 57.8 Å². The Kier molecular flexibility index (Phi) is 48.0. The van der Waals surface area contributed by atoms with Crippen LogP contribution in [0.15, 0.2) is 60.8 Å². The average Bonchev–Trinajstić information content (AvgIpc) is 3.30. The molecule has 0 aliphatic carbocycles. The van der Waals surface area contributed by atoms with Crippen LogP contribution in [0.3, 0.4) is 0 Å². The summed E-state index contributed by atoms with van der Waals surface area (Å²) in [5, 5.41) is 0. The lowest BCUT2D eigenvalue weighted by Crippen LogP contribution is -2.37. The van der Waals surface area contributed by atoms with Crippen molar-refractivity contribution in [2.45, 2.75) is 251 Å². The molecule has 0 amide bonds. The van der Waals surface area contributed by atoms with E-state index in [-0.39, 0.29) is 32.0 Å². The van der Waals surface area contributed by atoms with Gasteiger partial charge in [0.1, 0.15) is 19.8 Å². The molecule has 0 aliphatic rings. The first kappa shape index (κ1) is 65.7. The van der Waals surface area contributed by atoms with Crippen LogP contribution in [-0.4, -0.2) is 70.0 Å². The molecule has 10 heteroatoms. The van der Waals surface area contributed by atoms with Gasteiger partial charge in [0, 0.05) is 12.8 Å². The number of hydrogen-bond donors (Lipinski definition) is 0. The van der Waals surface area contributed by atoms with Crippen LogP contribution in [0.1, 0.15) is 245 Å². The van der Waals surface area contributed by atoms with Crippen LogP contribution in [0, 0.1) is 0 Å². The fourth-order valence-electron chi connectivity index (χ4n) is 7.74. The van der Waals surface area contributed by atoms with Gasteiger partial charge in [-0.25, -0.2) is 0 Å². The number of phosphoric ester groups is 1. The molecular weight excluding hydrogens is 870 g/mol. The Bertz CT molecular complexity index is 1340. The molecule has 68 heavy (non-hydrogen) atoms. The van der Waals surface area contributed by atoms with Gasteiger partial charge in [-0.1, -0.05) is 235 Å². The number of unbranched alkanes of at least 4 members (excludes halogenated alkanes) is 27. The largest absolute Gasteiger partial charge is 0.756 e. The molecule has 0 saturated heterocycles. The lowest BCUT2D eigenvalue weighted by atomic mass is 10.0. The number of quaternary nitrogens is 1. The van der Waals surface area contributed by atoms with E-state index < -0.39 is 26.5 Å². The van der Waals surface area contributed by atoms with Gasteiger partial charge in [0.2, 0.25) is 0 Å². The SMILES string of the molecule is CC/C=C\C/C=C\C/C=C\C/C=C\C/C=C\CCCCCCCCCC(=O)OC(COC(=O)CCCCCCCCCCCCCCCCCCCCCCC)COP(=O)([O-])OCC[N+](C)(C)C. The molecule has 396 valence electrons. The van der Waals surface area contributed by atoms with Gasteiger partial charge in [-0.15, -0.1) is 0 Å². The highest BCUT2D eigenvalue weighted by atomic mass is 31.2. The standard InChI is InChI=1S/C58H106NO8P/c1-6-8-10-12-14-16-18-20-22-24-26-28-29-31-33-35-37-39-41-43-45-47-49-51-58(61)67-56(55-66-68(62,63)65-53-52-59(3,4)5)54-64-57(60)50-48-46-44-42-40-38-36-34-32-30-27-25-23-21-19-17-15-13-11-9-7-2/h8,10,14,16,20,22,26,28,31,33,56H,6-7,9,11-13,15,17-19,21,23-25,27,29-30,32,34-55H2,1-5H3/b10-8-,16-14-,22-20-,28-26-,33-31-. The molecular formula is C58H106NO8P. The third-order valence-electron chi connectivity index (χ3n) is 12.1. The van der Waals surface area contributed by atoms with Crippen LogP contribution in [0.5, 0.6) is 0 Å². The Morgan fingerprint density at radius 3 is 1.25 bits per heavy atom. The summed E-state index contributed by atoms with van der Waals surface area (Å²) < 4.78 is 34.1. The van der Waals surface area contributed by atoms with Crippen molar-refractivity contribution < 1.29 is 42.1 Å². The number of esters is 2. The number of likely N-dealkylation sites (N-methyl/N-ethyl adjacent to an activating group) is 1. The molecule has 0 aromatic rings. The fourth-order valence-corrected chi connectivity index (χ4v) is 8.47. The molecule has 0 aromatic heterocycles. The van der Waals surface area contributed by atoms with Crippen molar-refractivity contribution in [3.63, 3.8) is 0 Å².